The van der Waals surface area contributed by atoms with Crippen LogP contribution in [0, 0.1) is 6.92 Å². The number of nitrogens with zero attached hydrogens (tertiary/aromatic N) is 5. The van der Waals surface area contributed by atoms with E-state index < -0.39 is 0 Å². The minimum Gasteiger partial charge on any atom is -0.478 e. The Kier molecular flexibility index (Phi) is 4.27. The summed E-state index contributed by atoms with van der Waals surface area (Å²) in [5, 5.41) is 7.27. The van der Waals surface area contributed by atoms with E-state index in [0.717, 1.165) is 12.1 Å². The Morgan fingerprint density at radius 2 is 2.21 bits per heavy atom. The first-order valence-corrected chi connectivity index (χ1v) is 6.24. The van der Waals surface area contributed by atoms with Gasteiger partial charge in [-0.25, -0.2) is 9.97 Å². The van der Waals surface area contributed by atoms with Crippen LogP contribution in [-0.2, 0) is 13.6 Å². The van der Waals surface area contributed by atoms with Gasteiger partial charge in [0, 0.05) is 18.8 Å². The smallest absolute Gasteiger partial charge is 0.226 e. The molecule has 0 fully saturated rings. The van der Waals surface area contributed by atoms with Gasteiger partial charge in [-0.1, -0.05) is 6.92 Å². The summed E-state index contributed by atoms with van der Waals surface area (Å²) in [5.41, 5.74) is 0.859. The van der Waals surface area contributed by atoms with Crippen LogP contribution in [0.5, 0.6) is 5.88 Å². The second-order valence-electron chi connectivity index (χ2n) is 4.21. The summed E-state index contributed by atoms with van der Waals surface area (Å²) >= 11 is 0. The summed E-state index contributed by atoms with van der Waals surface area (Å²) in [7, 11) is 1.83. The highest BCUT2D eigenvalue weighted by molar-refractivity contribution is 5.30. The zero-order valence-electron chi connectivity index (χ0n) is 11.4. The summed E-state index contributed by atoms with van der Waals surface area (Å²) in [6.45, 7) is 5.10. The van der Waals surface area contributed by atoms with Crippen molar-refractivity contribution in [3.8, 4) is 5.88 Å². The van der Waals surface area contributed by atoms with Crippen molar-refractivity contribution in [2.24, 2.45) is 7.05 Å². The molecule has 7 heteroatoms. The zero-order chi connectivity index (χ0) is 13.7. The molecule has 0 saturated heterocycles. The molecule has 0 unspecified atom stereocenters. The van der Waals surface area contributed by atoms with Crippen molar-refractivity contribution >= 4 is 5.95 Å². The fraction of sp³-hybridized carbons (Fsp3) is 0.500. The minimum absolute atomic E-state index is 0.484. The predicted octanol–water partition coefficient (Wildman–Crippen LogP) is 1.31. The lowest BCUT2D eigenvalue weighted by Crippen LogP contribution is -2.08. The average Bonchev–Trinajstić information content (AvgIpc) is 2.79. The summed E-state index contributed by atoms with van der Waals surface area (Å²) in [5.74, 6) is 1.81. The molecule has 1 N–H and O–H groups in total. The molecule has 0 radical (unpaired) electrons. The van der Waals surface area contributed by atoms with E-state index in [4.69, 9.17) is 4.74 Å². The van der Waals surface area contributed by atoms with Crippen molar-refractivity contribution in [1.82, 2.24) is 24.7 Å². The predicted molar refractivity (Wildman–Crippen MR) is 70.9 cm³/mol. The summed E-state index contributed by atoms with van der Waals surface area (Å²) in [4.78, 5) is 12.7. The van der Waals surface area contributed by atoms with Crippen molar-refractivity contribution in [3.05, 3.63) is 23.9 Å². The number of aromatic nitrogens is 5. The van der Waals surface area contributed by atoms with E-state index in [2.05, 4.69) is 32.3 Å². The lowest BCUT2D eigenvalue weighted by atomic mass is 10.4. The third-order valence-electron chi connectivity index (χ3n) is 2.34. The Hall–Kier alpha value is -2.18. The topological polar surface area (TPSA) is 77.8 Å². The van der Waals surface area contributed by atoms with Gasteiger partial charge in [0.15, 0.2) is 5.82 Å². The van der Waals surface area contributed by atoms with E-state index in [-0.39, 0.29) is 0 Å². The quantitative estimate of drug-likeness (QED) is 0.845. The van der Waals surface area contributed by atoms with Crippen molar-refractivity contribution < 1.29 is 4.74 Å². The second-order valence-corrected chi connectivity index (χ2v) is 4.21. The van der Waals surface area contributed by atoms with E-state index in [0.29, 0.717) is 30.8 Å². The minimum atomic E-state index is 0.484. The molecule has 0 aliphatic heterocycles. The van der Waals surface area contributed by atoms with Crippen LogP contribution in [-0.4, -0.2) is 31.3 Å². The van der Waals surface area contributed by atoms with E-state index in [1.54, 1.807) is 11.0 Å². The molecule has 0 aromatic carbocycles. The maximum atomic E-state index is 5.51. The molecule has 0 saturated carbocycles. The van der Waals surface area contributed by atoms with Gasteiger partial charge >= 0.3 is 0 Å². The van der Waals surface area contributed by atoms with E-state index in [1.165, 1.54) is 0 Å². The highest BCUT2D eigenvalue weighted by atomic mass is 16.5. The number of ether oxygens (including phenoxy) is 1. The molecule has 2 aromatic heterocycles. The molecule has 0 atom stereocenters. The Morgan fingerprint density at radius 1 is 1.37 bits per heavy atom. The summed E-state index contributed by atoms with van der Waals surface area (Å²) < 4.78 is 7.16. The summed E-state index contributed by atoms with van der Waals surface area (Å²) in [6.07, 6.45) is 2.60. The van der Waals surface area contributed by atoms with Gasteiger partial charge in [0.2, 0.25) is 11.8 Å². The molecule has 19 heavy (non-hydrogen) atoms. The molecule has 0 aliphatic rings. The maximum Gasteiger partial charge on any atom is 0.226 e. The first-order chi connectivity index (χ1) is 9.17. The van der Waals surface area contributed by atoms with Gasteiger partial charge in [-0.2, -0.15) is 10.1 Å². The Balaban J connectivity index is 2.01. The Labute approximate surface area is 112 Å². The first kappa shape index (κ1) is 13.3. The van der Waals surface area contributed by atoms with Gasteiger partial charge in [-0.15, -0.1) is 0 Å². The number of rotatable bonds is 6. The van der Waals surface area contributed by atoms with Crippen molar-refractivity contribution in [3.63, 3.8) is 0 Å². The molecule has 2 rings (SSSR count). The fourth-order valence-electron chi connectivity index (χ4n) is 1.52. The highest BCUT2D eigenvalue weighted by Gasteiger charge is 2.04. The molecule has 7 nitrogen and oxygen atoms in total. The van der Waals surface area contributed by atoms with Crippen molar-refractivity contribution in [1.29, 1.82) is 0 Å². The lowest BCUT2D eigenvalue weighted by Gasteiger charge is -2.07. The largest absolute Gasteiger partial charge is 0.478 e. The zero-order valence-corrected chi connectivity index (χ0v) is 11.4. The van der Waals surface area contributed by atoms with E-state index >= 15 is 0 Å². The number of hydrogen-bond donors (Lipinski definition) is 1. The van der Waals surface area contributed by atoms with E-state index in [1.807, 2.05) is 20.0 Å². The first-order valence-electron chi connectivity index (χ1n) is 6.24. The van der Waals surface area contributed by atoms with Crippen LogP contribution in [0.1, 0.15) is 24.9 Å². The van der Waals surface area contributed by atoms with Crippen LogP contribution in [0.25, 0.3) is 0 Å². The number of anilines is 1. The molecular weight excluding hydrogens is 244 g/mol. The molecule has 102 valence electrons. The van der Waals surface area contributed by atoms with Crippen LogP contribution < -0.4 is 10.1 Å². The molecule has 0 amide bonds. The van der Waals surface area contributed by atoms with Crippen LogP contribution in [0.2, 0.25) is 0 Å². The molecule has 2 heterocycles. The van der Waals surface area contributed by atoms with Crippen LogP contribution in [0.15, 0.2) is 12.4 Å². The Morgan fingerprint density at radius 3 is 2.89 bits per heavy atom. The molecule has 0 aliphatic carbocycles. The lowest BCUT2D eigenvalue weighted by molar-refractivity contribution is 0.305. The summed E-state index contributed by atoms with van der Waals surface area (Å²) in [6, 6.07) is 1.82. The normalized spacial score (nSPS) is 10.5. The fourth-order valence-corrected chi connectivity index (χ4v) is 1.52. The van der Waals surface area contributed by atoms with Gasteiger partial charge in [0.25, 0.3) is 0 Å². The molecule has 0 spiro atoms. The molecule has 2 aromatic rings. The number of nitrogens with one attached hydrogen (secondary N) is 1. The van der Waals surface area contributed by atoms with Gasteiger partial charge in [-0.05, 0) is 13.3 Å². The van der Waals surface area contributed by atoms with Crippen LogP contribution >= 0.6 is 0 Å². The Bertz CT molecular complexity index is 539. The average molecular weight is 262 g/mol. The van der Waals surface area contributed by atoms with Crippen LogP contribution in [0.3, 0.4) is 0 Å². The third kappa shape index (κ3) is 3.90. The van der Waals surface area contributed by atoms with Crippen molar-refractivity contribution in [2.45, 2.75) is 26.8 Å². The van der Waals surface area contributed by atoms with Gasteiger partial charge in [0.05, 0.1) is 13.2 Å². The van der Waals surface area contributed by atoms with Crippen LogP contribution in [0.4, 0.5) is 5.95 Å². The number of aryl methyl sites for hydroxylation is 2. The third-order valence-corrected chi connectivity index (χ3v) is 2.34. The maximum absolute atomic E-state index is 5.51. The second kappa shape index (κ2) is 6.12. The molecule has 0 bridgehead atoms. The SMILES string of the molecule is CCCOc1cc(C)nc(NCc2ncn(C)n2)n1. The highest BCUT2D eigenvalue weighted by Crippen LogP contribution is 2.12. The van der Waals surface area contributed by atoms with Gasteiger partial charge in [0.1, 0.15) is 6.33 Å². The molecular formula is C12H18N6O. The van der Waals surface area contributed by atoms with Crippen molar-refractivity contribution in [2.75, 3.05) is 11.9 Å². The number of hydrogen-bond acceptors (Lipinski definition) is 6. The van der Waals surface area contributed by atoms with Gasteiger partial charge in [-0.3, -0.25) is 4.68 Å². The standard InChI is InChI=1S/C12H18N6O/c1-4-5-19-11-6-9(2)15-12(16-11)13-7-10-14-8-18(3)17-10/h6,8H,4-5,7H2,1-3H3,(H,13,15,16). The van der Waals surface area contributed by atoms with E-state index in [9.17, 15) is 0 Å². The monoisotopic (exact) mass is 262 g/mol. The van der Waals surface area contributed by atoms with Gasteiger partial charge < -0.3 is 10.1 Å².